The molecule has 0 fully saturated rings. The lowest BCUT2D eigenvalue weighted by Crippen LogP contribution is -2.54. The number of alkyl carbamates (subject to hydrolysis) is 3. The summed E-state index contributed by atoms with van der Waals surface area (Å²) in [5, 5.41) is 13.8. The number of rotatable bonds is 33. The fourth-order valence-electron chi connectivity index (χ4n) is 5.89. The highest BCUT2D eigenvalue weighted by molar-refractivity contribution is 5.91. The molecule has 16 heteroatoms. The Bertz CT molecular complexity index is 1690. The first-order valence-corrected chi connectivity index (χ1v) is 22.0. The van der Waals surface area contributed by atoms with Gasteiger partial charge in [0.2, 0.25) is 11.8 Å². The van der Waals surface area contributed by atoms with Gasteiger partial charge >= 0.3 is 18.3 Å². The molecule has 3 aromatic rings. The lowest BCUT2D eigenvalue weighted by molar-refractivity contribution is -0.130. The summed E-state index contributed by atoms with van der Waals surface area (Å²) in [7, 11) is 0. The Morgan fingerprint density at radius 2 is 0.825 bits per heavy atom. The van der Waals surface area contributed by atoms with Crippen LogP contribution >= 0.6 is 0 Å². The van der Waals surface area contributed by atoms with Crippen molar-refractivity contribution >= 4 is 30.1 Å². The normalized spacial score (nSPS) is 11.7. The molecule has 0 bridgehead atoms. The topological polar surface area (TPSA) is 201 Å². The maximum absolute atomic E-state index is 13.9. The Morgan fingerprint density at radius 3 is 1.29 bits per heavy atom. The molecule has 0 aliphatic carbocycles. The third kappa shape index (κ3) is 25.7. The van der Waals surface area contributed by atoms with Gasteiger partial charge in [0.15, 0.2) is 0 Å². The zero-order chi connectivity index (χ0) is 45.0. The molecule has 3 rings (SSSR count). The first-order valence-electron chi connectivity index (χ1n) is 22.0. The van der Waals surface area contributed by atoms with Crippen molar-refractivity contribution in [2.24, 2.45) is 0 Å². The number of amides is 5. The van der Waals surface area contributed by atoms with E-state index in [2.05, 4.69) is 33.5 Å². The third-order valence-electron chi connectivity index (χ3n) is 9.41. The second kappa shape index (κ2) is 33.9. The van der Waals surface area contributed by atoms with Crippen molar-refractivity contribution in [2.75, 3.05) is 59.3 Å². The summed E-state index contributed by atoms with van der Waals surface area (Å²) in [6, 6.07) is 25.8. The van der Waals surface area contributed by atoms with Crippen LogP contribution in [0.3, 0.4) is 0 Å². The van der Waals surface area contributed by atoms with Gasteiger partial charge < -0.3 is 55.0 Å². The van der Waals surface area contributed by atoms with Crippen molar-refractivity contribution in [2.45, 2.75) is 96.6 Å². The number of ether oxygens (including phenoxy) is 6. The highest BCUT2D eigenvalue weighted by Gasteiger charge is 2.27. The largest absolute Gasteiger partial charge is 0.445 e. The van der Waals surface area contributed by atoms with Crippen molar-refractivity contribution in [3.05, 3.63) is 108 Å². The molecule has 63 heavy (non-hydrogen) atoms. The molecule has 0 unspecified atom stereocenters. The van der Waals surface area contributed by atoms with E-state index in [1.165, 1.54) is 0 Å². The fraction of sp³-hybridized carbons (Fsp3) is 0.511. The Hall–Kier alpha value is -5.71. The van der Waals surface area contributed by atoms with Crippen LogP contribution in [-0.4, -0.2) is 101 Å². The Morgan fingerprint density at radius 1 is 0.429 bits per heavy atom. The van der Waals surface area contributed by atoms with E-state index in [0.717, 1.165) is 36.1 Å². The van der Waals surface area contributed by atoms with Gasteiger partial charge in [-0.2, -0.15) is 0 Å². The molecule has 5 amide bonds. The number of benzene rings is 3. The van der Waals surface area contributed by atoms with E-state index in [0.29, 0.717) is 78.2 Å². The number of carbonyl (C=O) groups is 5. The Labute approximate surface area is 371 Å². The predicted molar refractivity (Wildman–Crippen MR) is 237 cm³/mol. The lowest BCUT2D eigenvalue weighted by Gasteiger charge is -2.23. The van der Waals surface area contributed by atoms with Crippen LogP contribution in [0.4, 0.5) is 14.4 Å². The van der Waals surface area contributed by atoms with Gasteiger partial charge in [0.25, 0.3) is 0 Å². The molecule has 0 aromatic heterocycles. The summed E-state index contributed by atoms with van der Waals surface area (Å²) in [4.78, 5) is 64.8. The molecular weight excluding hydrogens is 811 g/mol. The summed E-state index contributed by atoms with van der Waals surface area (Å²) < 4.78 is 32.6. The molecule has 0 radical (unpaired) electrons. The minimum Gasteiger partial charge on any atom is -0.445 e. The first kappa shape index (κ1) is 51.6. The van der Waals surface area contributed by atoms with E-state index in [9.17, 15) is 24.0 Å². The SMILES string of the molecule is CCCCOCCOCCOCCCNC(=O)[C@H](CCCCNC(=O)OCc1ccccc1)NC(=O)[C@H](CCCCNC(=O)OCc1ccccc1)NC(=O)OCc1ccccc1. The average molecular weight is 878 g/mol. The van der Waals surface area contributed by atoms with Crippen LogP contribution in [0.5, 0.6) is 0 Å². The molecule has 0 heterocycles. The summed E-state index contributed by atoms with van der Waals surface area (Å²) in [6.45, 7) is 6.29. The zero-order valence-electron chi connectivity index (χ0n) is 36.7. The van der Waals surface area contributed by atoms with Crippen molar-refractivity contribution < 1.29 is 52.4 Å². The van der Waals surface area contributed by atoms with E-state index in [1.807, 2.05) is 91.0 Å². The highest BCUT2D eigenvalue weighted by atomic mass is 16.6. The molecule has 2 atom stereocenters. The second-order valence-electron chi connectivity index (χ2n) is 14.6. The van der Waals surface area contributed by atoms with E-state index in [-0.39, 0.29) is 39.2 Å². The van der Waals surface area contributed by atoms with Gasteiger partial charge in [-0.15, -0.1) is 0 Å². The van der Waals surface area contributed by atoms with Gasteiger partial charge in [0.1, 0.15) is 31.9 Å². The van der Waals surface area contributed by atoms with Gasteiger partial charge in [-0.3, -0.25) is 9.59 Å². The average Bonchev–Trinajstić information content (AvgIpc) is 3.30. The van der Waals surface area contributed by atoms with Gasteiger partial charge in [-0.05, 0) is 68.1 Å². The van der Waals surface area contributed by atoms with Crippen LogP contribution in [0.2, 0.25) is 0 Å². The predicted octanol–water partition coefficient (Wildman–Crippen LogP) is 6.32. The van der Waals surface area contributed by atoms with Gasteiger partial charge in [-0.1, -0.05) is 104 Å². The molecule has 0 spiro atoms. The van der Waals surface area contributed by atoms with Crippen molar-refractivity contribution in [1.29, 1.82) is 0 Å². The molecule has 3 aromatic carbocycles. The minimum atomic E-state index is -1.05. The standard InChI is InChI=1S/C47H67N5O11/c1-2-3-29-58-31-33-60-34-32-59-30-17-28-48-43(53)41(24-13-15-26-49-45(55)61-35-38-18-7-4-8-19-38)51-44(54)42(52-47(57)63-37-40-22-11-6-12-23-40)25-14-16-27-50-46(56)62-36-39-20-9-5-10-21-39/h4-12,18-23,41-42H,2-3,13-17,24-37H2,1H3,(H,48,53)(H,49,55)(H,50,56)(H,51,54)(H,52,57)/t41-,42-/m0/s1. The maximum Gasteiger partial charge on any atom is 0.408 e. The molecule has 16 nitrogen and oxygen atoms in total. The van der Waals surface area contributed by atoms with Crippen molar-refractivity contribution in [3.63, 3.8) is 0 Å². The van der Waals surface area contributed by atoms with Gasteiger partial charge in [-0.25, -0.2) is 14.4 Å². The van der Waals surface area contributed by atoms with Crippen LogP contribution in [0.1, 0.15) is 81.4 Å². The fourth-order valence-corrected chi connectivity index (χ4v) is 5.89. The maximum atomic E-state index is 13.9. The molecule has 0 aliphatic heterocycles. The van der Waals surface area contributed by atoms with Crippen LogP contribution in [0, 0.1) is 0 Å². The first-order chi connectivity index (χ1) is 30.8. The Kier molecular flexibility index (Phi) is 27.8. The van der Waals surface area contributed by atoms with Crippen molar-refractivity contribution in [3.8, 4) is 0 Å². The number of hydrogen-bond donors (Lipinski definition) is 5. The van der Waals surface area contributed by atoms with Gasteiger partial charge in [0, 0.05) is 32.8 Å². The third-order valence-corrected chi connectivity index (χ3v) is 9.41. The number of nitrogens with one attached hydrogen (secondary N) is 5. The van der Waals surface area contributed by atoms with E-state index < -0.39 is 42.2 Å². The molecule has 0 saturated heterocycles. The van der Waals surface area contributed by atoms with E-state index in [1.54, 1.807) is 0 Å². The van der Waals surface area contributed by atoms with Crippen LogP contribution in [0.15, 0.2) is 91.0 Å². The Balaban J connectivity index is 1.52. The summed E-state index contributed by atoms with van der Waals surface area (Å²) in [5.74, 6) is -0.961. The number of unbranched alkanes of at least 4 members (excludes halogenated alkanes) is 3. The zero-order valence-corrected chi connectivity index (χ0v) is 36.7. The summed E-state index contributed by atoms with van der Waals surface area (Å²) in [6.07, 6.45) is 3.10. The molecule has 0 saturated carbocycles. The monoisotopic (exact) mass is 877 g/mol. The van der Waals surface area contributed by atoms with Crippen LogP contribution < -0.4 is 26.6 Å². The summed E-state index contributed by atoms with van der Waals surface area (Å²) in [5.41, 5.74) is 2.50. The van der Waals surface area contributed by atoms with Crippen LogP contribution in [-0.2, 0) is 57.8 Å². The molecule has 346 valence electrons. The lowest BCUT2D eigenvalue weighted by atomic mass is 10.1. The van der Waals surface area contributed by atoms with Crippen LogP contribution in [0.25, 0.3) is 0 Å². The smallest absolute Gasteiger partial charge is 0.408 e. The number of hydrogen-bond acceptors (Lipinski definition) is 11. The molecule has 5 N–H and O–H groups in total. The van der Waals surface area contributed by atoms with Crippen molar-refractivity contribution in [1.82, 2.24) is 26.6 Å². The van der Waals surface area contributed by atoms with E-state index in [4.69, 9.17) is 28.4 Å². The molecule has 0 aliphatic rings. The summed E-state index contributed by atoms with van der Waals surface area (Å²) >= 11 is 0. The minimum absolute atomic E-state index is 0.000284. The highest BCUT2D eigenvalue weighted by Crippen LogP contribution is 2.09. The quantitative estimate of drug-likeness (QED) is 0.0339. The van der Waals surface area contributed by atoms with Gasteiger partial charge in [0.05, 0.1) is 26.4 Å². The number of carbonyl (C=O) groups excluding carboxylic acids is 5. The molecular formula is C47H67N5O11. The van der Waals surface area contributed by atoms with E-state index >= 15 is 0 Å². The second-order valence-corrected chi connectivity index (χ2v) is 14.6.